The van der Waals surface area contributed by atoms with E-state index < -0.39 is 0 Å². The maximum absolute atomic E-state index is 9.39. The molecule has 0 amide bonds. The molecular weight excluding hydrogens is 138 g/mol. The number of hydrogen-bond donors (Lipinski definition) is 1. The molecule has 1 aliphatic carbocycles. The van der Waals surface area contributed by atoms with Crippen molar-refractivity contribution >= 4 is 0 Å². The first-order valence-corrected chi connectivity index (χ1v) is 4.22. The number of aliphatic hydroxyl groups is 1. The summed E-state index contributed by atoms with van der Waals surface area (Å²) in [7, 11) is 0. The van der Waals surface area contributed by atoms with Crippen LogP contribution in [0.25, 0.3) is 0 Å². The molecule has 3 atom stereocenters. The largest absolute Gasteiger partial charge is 0.392 e. The fourth-order valence-electron chi connectivity index (χ4n) is 1.74. The van der Waals surface area contributed by atoms with E-state index in [1.807, 2.05) is 0 Å². The second kappa shape index (κ2) is 3.23. The zero-order valence-electron chi connectivity index (χ0n) is 7.12. The quantitative estimate of drug-likeness (QED) is 0.621. The number of nitriles is 1. The average Bonchev–Trinajstić information content (AvgIpc) is 2.31. The van der Waals surface area contributed by atoms with Crippen molar-refractivity contribution in [2.45, 2.75) is 32.8 Å². The van der Waals surface area contributed by atoms with E-state index >= 15 is 0 Å². The van der Waals surface area contributed by atoms with Crippen LogP contribution in [0.1, 0.15) is 26.7 Å². The van der Waals surface area contributed by atoms with Crippen LogP contribution < -0.4 is 0 Å². The van der Waals surface area contributed by atoms with Crippen LogP contribution in [0, 0.1) is 29.1 Å². The molecule has 1 aliphatic rings. The summed E-state index contributed by atoms with van der Waals surface area (Å²) in [6.07, 6.45) is 1.33. The molecule has 2 nitrogen and oxygen atoms in total. The van der Waals surface area contributed by atoms with E-state index in [9.17, 15) is 5.11 Å². The molecule has 0 aromatic rings. The summed E-state index contributed by atoms with van der Waals surface area (Å²) in [5.41, 5.74) is 0. The van der Waals surface area contributed by atoms with Gasteiger partial charge < -0.3 is 5.11 Å². The zero-order chi connectivity index (χ0) is 8.43. The van der Waals surface area contributed by atoms with E-state index in [1.54, 1.807) is 0 Å². The molecule has 1 fully saturated rings. The third kappa shape index (κ3) is 1.72. The van der Waals surface area contributed by atoms with Gasteiger partial charge in [-0.25, -0.2) is 0 Å². The lowest BCUT2D eigenvalue weighted by atomic mass is 9.94. The minimum absolute atomic E-state index is 0.109. The second-order valence-corrected chi connectivity index (χ2v) is 3.78. The minimum Gasteiger partial charge on any atom is -0.392 e. The van der Waals surface area contributed by atoms with Crippen molar-refractivity contribution in [1.29, 1.82) is 5.26 Å². The highest BCUT2D eigenvalue weighted by Gasteiger charge is 2.34. The highest BCUT2D eigenvalue weighted by Crippen LogP contribution is 2.35. The van der Waals surface area contributed by atoms with Crippen molar-refractivity contribution in [3.63, 3.8) is 0 Å². The topological polar surface area (TPSA) is 44.0 Å². The van der Waals surface area contributed by atoms with Crippen molar-refractivity contribution in [2.75, 3.05) is 0 Å². The molecule has 2 heteroatoms. The Bertz CT molecular complexity index is 171. The molecule has 1 saturated carbocycles. The van der Waals surface area contributed by atoms with Crippen molar-refractivity contribution in [2.24, 2.45) is 17.8 Å². The van der Waals surface area contributed by atoms with Crippen LogP contribution in [0.2, 0.25) is 0 Å². The first kappa shape index (κ1) is 8.55. The van der Waals surface area contributed by atoms with Gasteiger partial charge in [-0.15, -0.1) is 0 Å². The Kier molecular flexibility index (Phi) is 2.51. The summed E-state index contributed by atoms with van der Waals surface area (Å²) in [4.78, 5) is 0. The molecule has 0 aromatic heterocycles. The van der Waals surface area contributed by atoms with Gasteiger partial charge in [-0.05, 0) is 24.7 Å². The van der Waals surface area contributed by atoms with E-state index in [0.29, 0.717) is 11.8 Å². The van der Waals surface area contributed by atoms with Gasteiger partial charge in [-0.2, -0.15) is 5.26 Å². The first-order chi connectivity index (χ1) is 5.15. The van der Waals surface area contributed by atoms with Gasteiger partial charge in [-0.3, -0.25) is 0 Å². The summed E-state index contributed by atoms with van der Waals surface area (Å²) in [5, 5.41) is 18.0. The van der Waals surface area contributed by atoms with Gasteiger partial charge in [0.1, 0.15) is 0 Å². The van der Waals surface area contributed by atoms with Gasteiger partial charge in [0.2, 0.25) is 0 Å². The molecule has 1 rings (SSSR count). The Hall–Kier alpha value is -0.550. The zero-order valence-corrected chi connectivity index (χ0v) is 7.12. The molecule has 11 heavy (non-hydrogen) atoms. The Morgan fingerprint density at radius 3 is 2.36 bits per heavy atom. The van der Waals surface area contributed by atoms with Crippen LogP contribution in [-0.4, -0.2) is 11.2 Å². The normalized spacial score (nSPS) is 37.5. The average molecular weight is 153 g/mol. The lowest BCUT2D eigenvalue weighted by Gasteiger charge is -2.11. The Balaban J connectivity index is 2.51. The lowest BCUT2D eigenvalue weighted by molar-refractivity contribution is 0.150. The number of aliphatic hydroxyl groups excluding tert-OH is 1. The van der Waals surface area contributed by atoms with Gasteiger partial charge in [0.05, 0.1) is 18.1 Å². The second-order valence-electron chi connectivity index (χ2n) is 3.78. The maximum Gasteiger partial charge on any atom is 0.0725 e. The van der Waals surface area contributed by atoms with Crippen molar-refractivity contribution in [1.82, 2.24) is 0 Å². The van der Waals surface area contributed by atoms with Crippen LogP contribution in [0.5, 0.6) is 0 Å². The van der Waals surface area contributed by atoms with E-state index in [2.05, 4.69) is 19.9 Å². The third-order valence-electron chi connectivity index (χ3n) is 2.67. The monoisotopic (exact) mass is 153 g/mol. The Labute approximate surface area is 67.8 Å². The lowest BCUT2D eigenvalue weighted by Crippen LogP contribution is -2.10. The van der Waals surface area contributed by atoms with Crippen LogP contribution in [0.4, 0.5) is 0 Å². The van der Waals surface area contributed by atoms with Crippen molar-refractivity contribution in [3.8, 4) is 6.07 Å². The van der Waals surface area contributed by atoms with Gasteiger partial charge >= 0.3 is 0 Å². The molecule has 0 aromatic carbocycles. The van der Waals surface area contributed by atoms with Gasteiger partial charge in [0.25, 0.3) is 0 Å². The third-order valence-corrected chi connectivity index (χ3v) is 2.67. The fourth-order valence-corrected chi connectivity index (χ4v) is 1.74. The molecule has 0 saturated heterocycles. The summed E-state index contributed by atoms with van der Waals surface area (Å²) < 4.78 is 0. The van der Waals surface area contributed by atoms with Gasteiger partial charge in [0.15, 0.2) is 0 Å². The van der Waals surface area contributed by atoms with E-state index in [4.69, 9.17) is 5.26 Å². The van der Waals surface area contributed by atoms with Crippen LogP contribution >= 0.6 is 0 Å². The molecule has 0 radical (unpaired) electrons. The molecule has 0 spiro atoms. The predicted octanol–water partition coefficient (Wildman–Crippen LogP) is 1.55. The molecule has 1 unspecified atom stereocenters. The molecule has 0 heterocycles. The Morgan fingerprint density at radius 1 is 1.45 bits per heavy atom. The van der Waals surface area contributed by atoms with Crippen molar-refractivity contribution in [3.05, 3.63) is 0 Å². The molecule has 0 bridgehead atoms. The highest BCUT2D eigenvalue weighted by atomic mass is 16.3. The van der Waals surface area contributed by atoms with Gasteiger partial charge in [0, 0.05) is 0 Å². The number of nitrogens with zero attached hydrogens (tertiary/aromatic N) is 1. The summed E-state index contributed by atoms with van der Waals surface area (Å²) >= 11 is 0. The number of hydrogen-bond acceptors (Lipinski definition) is 2. The van der Waals surface area contributed by atoms with Crippen LogP contribution in [-0.2, 0) is 0 Å². The highest BCUT2D eigenvalue weighted by molar-refractivity contribution is 4.96. The summed E-state index contributed by atoms with van der Waals surface area (Å²) in [6, 6.07) is 2.15. The van der Waals surface area contributed by atoms with Gasteiger partial charge in [-0.1, -0.05) is 13.8 Å². The van der Waals surface area contributed by atoms with E-state index in [-0.39, 0.29) is 12.0 Å². The molecule has 62 valence electrons. The molecular formula is C9H15NO. The minimum atomic E-state index is -0.368. The van der Waals surface area contributed by atoms with E-state index in [0.717, 1.165) is 12.8 Å². The molecule has 0 aliphatic heterocycles. The number of rotatable bonds is 1. The summed E-state index contributed by atoms with van der Waals surface area (Å²) in [5.74, 6) is 1.04. The molecule has 1 N–H and O–H groups in total. The smallest absolute Gasteiger partial charge is 0.0725 e. The Morgan fingerprint density at radius 2 is 2.09 bits per heavy atom. The summed E-state index contributed by atoms with van der Waals surface area (Å²) in [6.45, 7) is 4.30. The van der Waals surface area contributed by atoms with Crippen LogP contribution in [0.3, 0.4) is 0 Å². The predicted molar refractivity (Wildman–Crippen MR) is 42.7 cm³/mol. The standard InChI is InChI=1S/C9H15NO/c1-6(2)7-3-8(5-10)9(11)4-7/h6-9,11H,3-4H2,1-2H3/t7?,8-,9-/m1/s1. The first-order valence-electron chi connectivity index (χ1n) is 4.22. The van der Waals surface area contributed by atoms with Crippen LogP contribution in [0.15, 0.2) is 0 Å². The van der Waals surface area contributed by atoms with Crippen molar-refractivity contribution < 1.29 is 5.11 Å². The maximum atomic E-state index is 9.39. The van der Waals surface area contributed by atoms with E-state index in [1.165, 1.54) is 0 Å². The SMILES string of the molecule is CC(C)C1C[C@@H](O)[C@@H](C#N)C1. The fraction of sp³-hybridized carbons (Fsp3) is 0.889.